The molecule has 6 heteroatoms. The molecule has 0 spiro atoms. The number of halogens is 2. The summed E-state index contributed by atoms with van der Waals surface area (Å²) in [5, 5.41) is 1.01. The van der Waals surface area contributed by atoms with Gasteiger partial charge in [0.2, 0.25) is 0 Å². The van der Waals surface area contributed by atoms with Crippen LogP contribution in [0.2, 0.25) is 10.3 Å². The van der Waals surface area contributed by atoms with E-state index in [0.29, 0.717) is 22.7 Å². The summed E-state index contributed by atoms with van der Waals surface area (Å²) in [6.07, 6.45) is 3.15. The van der Waals surface area contributed by atoms with Crippen LogP contribution in [0.3, 0.4) is 0 Å². The minimum Gasteiger partial charge on any atom is -0.484 e. The highest BCUT2D eigenvalue weighted by atomic mass is 35.5. The van der Waals surface area contributed by atoms with Crippen LogP contribution in [-0.4, -0.2) is 14.5 Å². The predicted molar refractivity (Wildman–Crippen MR) is 61.8 cm³/mol. The quantitative estimate of drug-likeness (QED) is 0.794. The van der Waals surface area contributed by atoms with E-state index in [0.717, 1.165) is 5.82 Å². The molecule has 0 aliphatic carbocycles. The van der Waals surface area contributed by atoms with Crippen LogP contribution >= 0.6 is 23.2 Å². The minimum atomic E-state index is 0.340. The second kappa shape index (κ2) is 4.72. The Morgan fingerprint density at radius 3 is 2.62 bits per heavy atom. The van der Waals surface area contributed by atoms with E-state index in [9.17, 15) is 0 Å². The number of imidazole rings is 1. The summed E-state index contributed by atoms with van der Waals surface area (Å²) in [6.45, 7) is 0.340. The van der Waals surface area contributed by atoms with Crippen molar-refractivity contribution in [3.8, 4) is 5.75 Å². The summed E-state index contributed by atoms with van der Waals surface area (Å²) in [4.78, 5) is 8.01. The van der Waals surface area contributed by atoms with E-state index in [-0.39, 0.29) is 0 Å². The number of hydrogen-bond acceptors (Lipinski definition) is 3. The lowest BCUT2D eigenvalue weighted by Gasteiger charge is -2.05. The summed E-state index contributed by atoms with van der Waals surface area (Å²) < 4.78 is 7.23. The number of pyridine rings is 1. The van der Waals surface area contributed by atoms with E-state index >= 15 is 0 Å². The molecule has 0 amide bonds. The van der Waals surface area contributed by atoms with Crippen molar-refractivity contribution in [2.45, 2.75) is 6.61 Å². The van der Waals surface area contributed by atoms with Crippen molar-refractivity contribution >= 4 is 23.2 Å². The topological polar surface area (TPSA) is 39.9 Å². The normalized spacial score (nSPS) is 10.4. The van der Waals surface area contributed by atoms with E-state index in [4.69, 9.17) is 27.9 Å². The first kappa shape index (κ1) is 11.2. The number of hydrogen-bond donors (Lipinski definition) is 0. The molecule has 0 aromatic carbocycles. The highest BCUT2D eigenvalue weighted by Crippen LogP contribution is 2.15. The number of nitrogens with zero attached hydrogens (tertiary/aromatic N) is 3. The van der Waals surface area contributed by atoms with Crippen molar-refractivity contribution < 1.29 is 4.74 Å². The van der Waals surface area contributed by atoms with Crippen LogP contribution in [0.25, 0.3) is 0 Å². The van der Waals surface area contributed by atoms with Crippen LogP contribution in [0.1, 0.15) is 5.82 Å². The van der Waals surface area contributed by atoms with Crippen molar-refractivity contribution in [3.63, 3.8) is 0 Å². The average Bonchev–Trinajstić information content (AvgIpc) is 2.60. The van der Waals surface area contributed by atoms with Gasteiger partial charge in [-0.2, -0.15) is 0 Å². The molecule has 2 aromatic rings. The maximum absolute atomic E-state index is 5.85. The summed E-state index contributed by atoms with van der Waals surface area (Å²) in [7, 11) is 1.83. The van der Waals surface area contributed by atoms with Gasteiger partial charge in [-0.05, 0) is 12.1 Å². The SMILES string of the molecule is Cn1c(Cl)cnc1COc1ccc(Cl)nc1. The van der Waals surface area contributed by atoms with E-state index < -0.39 is 0 Å². The molecule has 2 rings (SSSR count). The highest BCUT2D eigenvalue weighted by molar-refractivity contribution is 6.29. The van der Waals surface area contributed by atoms with Crippen LogP contribution in [0.4, 0.5) is 0 Å². The number of rotatable bonds is 3. The Bertz CT molecular complexity index is 481. The zero-order valence-corrected chi connectivity index (χ0v) is 10.0. The Labute approximate surface area is 103 Å². The van der Waals surface area contributed by atoms with Gasteiger partial charge in [0.05, 0.1) is 12.4 Å². The third-order valence-electron chi connectivity index (χ3n) is 2.10. The second-order valence-electron chi connectivity index (χ2n) is 3.16. The summed E-state index contributed by atoms with van der Waals surface area (Å²) in [5.74, 6) is 1.39. The van der Waals surface area contributed by atoms with E-state index in [1.165, 1.54) is 0 Å². The van der Waals surface area contributed by atoms with Crippen molar-refractivity contribution in [3.05, 3.63) is 40.7 Å². The molecular formula is C10H9Cl2N3O. The molecule has 16 heavy (non-hydrogen) atoms. The van der Waals surface area contributed by atoms with Crippen molar-refractivity contribution in [1.82, 2.24) is 14.5 Å². The minimum absolute atomic E-state index is 0.340. The Kier molecular flexibility index (Phi) is 3.31. The van der Waals surface area contributed by atoms with Gasteiger partial charge in [0.15, 0.2) is 0 Å². The smallest absolute Gasteiger partial charge is 0.147 e. The van der Waals surface area contributed by atoms with Crippen LogP contribution in [0, 0.1) is 0 Å². The Balaban J connectivity index is 2.02. The molecule has 2 heterocycles. The van der Waals surface area contributed by atoms with Gasteiger partial charge in [-0.3, -0.25) is 0 Å². The van der Waals surface area contributed by atoms with Gasteiger partial charge in [0.25, 0.3) is 0 Å². The van der Waals surface area contributed by atoms with Crippen LogP contribution in [0.5, 0.6) is 5.75 Å². The average molecular weight is 258 g/mol. The van der Waals surface area contributed by atoms with Gasteiger partial charge in [-0.15, -0.1) is 0 Å². The fourth-order valence-electron chi connectivity index (χ4n) is 1.15. The highest BCUT2D eigenvalue weighted by Gasteiger charge is 2.05. The summed E-state index contributed by atoms with van der Waals surface area (Å²) in [5.41, 5.74) is 0. The maximum atomic E-state index is 5.85. The van der Waals surface area contributed by atoms with Gasteiger partial charge in [-0.25, -0.2) is 9.97 Å². The lowest BCUT2D eigenvalue weighted by atomic mass is 10.4. The molecule has 0 aliphatic rings. The largest absolute Gasteiger partial charge is 0.484 e. The van der Waals surface area contributed by atoms with Gasteiger partial charge < -0.3 is 9.30 Å². The van der Waals surface area contributed by atoms with E-state index in [2.05, 4.69) is 9.97 Å². The molecule has 0 radical (unpaired) electrons. The van der Waals surface area contributed by atoms with Crippen molar-refractivity contribution in [2.75, 3.05) is 0 Å². The van der Waals surface area contributed by atoms with Gasteiger partial charge >= 0.3 is 0 Å². The molecule has 0 unspecified atom stereocenters. The Morgan fingerprint density at radius 2 is 2.06 bits per heavy atom. The monoisotopic (exact) mass is 257 g/mol. The molecule has 4 nitrogen and oxygen atoms in total. The zero-order chi connectivity index (χ0) is 11.5. The molecule has 2 aromatic heterocycles. The van der Waals surface area contributed by atoms with Crippen molar-refractivity contribution in [2.24, 2.45) is 7.05 Å². The number of aromatic nitrogens is 3. The Hall–Kier alpha value is -1.26. The first-order chi connectivity index (χ1) is 7.66. The number of ether oxygens (including phenoxy) is 1. The third-order valence-corrected chi connectivity index (χ3v) is 2.67. The van der Waals surface area contributed by atoms with Crippen LogP contribution in [-0.2, 0) is 13.7 Å². The summed E-state index contributed by atoms with van der Waals surface area (Å²) >= 11 is 11.5. The van der Waals surface area contributed by atoms with Gasteiger partial charge in [0, 0.05) is 7.05 Å². The molecule has 0 saturated heterocycles. The molecule has 84 valence electrons. The van der Waals surface area contributed by atoms with Crippen LogP contribution < -0.4 is 4.74 Å². The molecule has 0 N–H and O–H groups in total. The fraction of sp³-hybridized carbons (Fsp3) is 0.200. The zero-order valence-electron chi connectivity index (χ0n) is 8.52. The van der Waals surface area contributed by atoms with Gasteiger partial charge in [-0.1, -0.05) is 23.2 Å². The summed E-state index contributed by atoms with van der Waals surface area (Å²) in [6, 6.07) is 3.42. The first-order valence-corrected chi connectivity index (χ1v) is 5.33. The van der Waals surface area contributed by atoms with Gasteiger partial charge in [0.1, 0.15) is 28.5 Å². The standard InChI is InChI=1S/C10H9Cl2N3O/c1-15-9(12)5-14-10(15)6-16-7-2-3-8(11)13-4-7/h2-5H,6H2,1H3. The van der Waals surface area contributed by atoms with E-state index in [1.807, 2.05) is 7.05 Å². The molecule has 0 saturated carbocycles. The Morgan fingerprint density at radius 1 is 1.25 bits per heavy atom. The molecule has 0 aliphatic heterocycles. The lowest BCUT2D eigenvalue weighted by Crippen LogP contribution is -2.03. The van der Waals surface area contributed by atoms with Crippen LogP contribution in [0.15, 0.2) is 24.5 Å². The maximum Gasteiger partial charge on any atom is 0.147 e. The molecule has 0 bridgehead atoms. The predicted octanol–water partition coefficient (Wildman–Crippen LogP) is 2.70. The molecule has 0 fully saturated rings. The fourth-order valence-corrected chi connectivity index (χ4v) is 1.41. The molecular weight excluding hydrogens is 249 g/mol. The van der Waals surface area contributed by atoms with E-state index in [1.54, 1.807) is 29.1 Å². The lowest BCUT2D eigenvalue weighted by molar-refractivity contribution is 0.290. The first-order valence-electron chi connectivity index (χ1n) is 4.57. The third kappa shape index (κ3) is 2.46. The second-order valence-corrected chi connectivity index (χ2v) is 3.94. The van der Waals surface area contributed by atoms with Crippen molar-refractivity contribution in [1.29, 1.82) is 0 Å². The molecule has 0 atom stereocenters.